The van der Waals surface area contributed by atoms with Crippen molar-refractivity contribution in [3.8, 4) is 0 Å². The minimum atomic E-state index is -0.333. The lowest BCUT2D eigenvalue weighted by Gasteiger charge is -2.22. The number of hydrogen-bond donors (Lipinski definition) is 1. The van der Waals surface area contributed by atoms with Gasteiger partial charge in [0.15, 0.2) is 0 Å². The maximum Gasteiger partial charge on any atom is 0.341 e. The quantitative estimate of drug-likeness (QED) is 0.820. The van der Waals surface area contributed by atoms with Crippen LogP contribution in [0.3, 0.4) is 0 Å². The maximum atomic E-state index is 11.5. The van der Waals surface area contributed by atoms with Crippen molar-refractivity contribution in [1.82, 2.24) is 10.2 Å². The van der Waals surface area contributed by atoms with Crippen molar-refractivity contribution in [2.75, 3.05) is 27.2 Å². The number of likely N-dealkylation sites (tertiary alicyclic amines) is 1. The average molecular weight is 266 g/mol. The van der Waals surface area contributed by atoms with Gasteiger partial charge in [-0.3, -0.25) is 4.90 Å². The molecule has 1 atom stereocenters. The van der Waals surface area contributed by atoms with E-state index in [4.69, 9.17) is 9.15 Å². The summed E-state index contributed by atoms with van der Waals surface area (Å²) < 4.78 is 10.4. The van der Waals surface area contributed by atoms with Gasteiger partial charge in [0, 0.05) is 12.6 Å². The summed E-state index contributed by atoms with van der Waals surface area (Å²) in [7, 11) is 3.36. The highest BCUT2D eigenvalue weighted by Gasteiger charge is 2.25. The van der Waals surface area contributed by atoms with Gasteiger partial charge in [0.05, 0.1) is 13.7 Å². The van der Waals surface area contributed by atoms with Crippen LogP contribution in [0.15, 0.2) is 10.5 Å². The number of hydrogen-bond acceptors (Lipinski definition) is 5. The van der Waals surface area contributed by atoms with Crippen LogP contribution in [0.5, 0.6) is 0 Å². The number of carbonyl (C=O) groups excluding carboxylic acids is 1. The molecule has 0 saturated carbocycles. The smallest absolute Gasteiger partial charge is 0.341 e. The first kappa shape index (κ1) is 14.1. The molecule has 106 valence electrons. The fraction of sp³-hybridized carbons (Fsp3) is 0.643. The molecule has 1 aliphatic heterocycles. The van der Waals surface area contributed by atoms with Crippen molar-refractivity contribution in [1.29, 1.82) is 0 Å². The molecular formula is C14H22N2O3. The molecule has 0 spiro atoms. The van der Waals surface area contributed by atoms with E-state index >= 15 is 0 Å². The van der Waals surface area contributed by atoms with E-state index in [2.05, 4.69) is 10.2 Å². The van der Waals surface area contributed by atoms with E-state index in [1.54, 1.807) is 13.0 Å². The van der Waals surface area contributed by atoms with Gasteiger partial charge in [-0.1, -0.05) is 0 Å². The van der Waals surface area contributed by atoms with Gasteiger partial charge in [-0.05, 0) is 39.4 Å². The Morgan fingerprint density at radius 2 is 2.42 bits per heavy atom. The molecule has 1 unspecified atom stereocenters. The van der Waals surface area contributed by atoms with Gasteiger partial charge in [-0.25, -0.2) is 4.79 Å². The molecule has 19 heavy (non-hydrogen) atoms. The van der Waals surface area contributed by atoms with E-state index < -0.39 is 0 Å². The molecule has 0 aliphatic carbocycles. The molecule has 5 nitrogen and oxygen atoms in total. The highest BCUT2D eigenvalue weighted by atomic mass is 16.5. The maximum absolute atomic E-state index is 11.5. The van der Waals surface area contributed by atoms with Gasteiger partial charge >= 0.3 is 5.97 Å². The Hall–Kier alpha value is -1.33. The van der Waals surface area contributed by atoms with Gasteiger partial charge in [0.2, 0.25) is 0 Å². The average Bonchev–Trinajstić information content (AvgIpc) is 2.97. The van der Waals surface area contributed by atoms with Gasteiger partial charge in [-0.2, -0.15) is 0 Å². The van der Waals surface area contributed by atoms with Crippen LogP contribution in [0.2, 0.25) is 0 Å². The van der Waals surface area contributed by atoms with Crippen LogP contribution in [0.1, 0.15) is 34.7 Å². The van der Waals surface area contributed by atoms with Crippen molar-refractivity contribution in [2.45, 2.75) is 32.4 Å². The third kappa shape index (κ3) is 3.16. The molecule has 0 amide bonds. The molecular weight excluding hydrogens is 244 g/mol. The van der Waals surface area contributed by atoms with Crippen LogP contribution in [-0.2, 0) is 11.3 Å². The zero-order valence-corrected chi connectivity index (χ0v) is 11.9. The Morgan fingerprint density at radius 1 is 1.63 bits per heavy atom. The highest BCUT2D eigenvalue weighted by molar-refractivity contribution is 5.90. The summed E-state index contributed by atoms with van der Waals surface area (Å²) in [6.45, 7) is 4.62. The number of esters is 1. The minimum absolute atomic E-state index is 0.333. The fourth-order valence-corrected chi connectivity index (χ4v) is 2.70. The third-order valence-electron chi connectivity index (χ3n) is 3.67. The first-order valence-corrected chi connectivity index (χ1v) is 6.72. The van der Waals surface area contributed by atoms with E-state index in [-0.39, 0.29) is 5.97 Å². The number of ether oxygens (including phenoxy) is 1. The van der Waals surface area contributed by atoms with E-state index in [1.165, 1.54) is 20.0 Å². The SMILES string of the molecule is CNCC1CCCN1Cc1cc(C(=O)OC)c(C)o1. The molecule has 0 bridgehead atoms. The molecule has 2 heterocycles. The number of furan rings is 1. The number of methoxy groups -OCH3 is 1. The topological polar surface area (TPSA) is 54.7 Å². The van der Waals surface area contributed by atoms with Crippen LogP contribution < -0.4 is 5.32 Å². The zero-order valence-electron chi connectivity index (χ0n) is 11.9. The molecule has 2 rings (SSSR count). The summed E-state index contributed by atoms with van der Waals surface area (Å²) in [5.74, 6) is 1.13. The lowest BCUT2D eigenvalue weighted by molar-refractivity contribution is 0.0599. The first-order valence-electron chi connectivity index (χ1n) is 6.72. The molecule has 0 aromatic carbocycles. The van der Waals surface area contributed by atoms with Crippen molar-refractivity contribution in [2.24, 2.45) is 0 Å². The summed E-state index contributed by atoms with van der Waals surface area (Å²) >= 11 is 0. The van der Waals surface area contributed by atoms with Gasteiger partial charge in [-0.15, -0.1) is 0 Å². The molecule has 1 aromatic heterocycles. The van der Waals surface area contributed by atoms with Crippen LogP contribution in [0.4, 0.5) is 0 Å². The number of carbonyl (C=O) groups is 1. The van der Waals surface area contributed by atoms with E-state index in [1.807, 2.05) is 7.05 Å². The largest absolute Gasteiger partial charge is 0.465 e. The predicted octanol–water partition coefficient (Wildman–Crippen LogP) is 1.56. The Bertz CT molecular complexity index is 442. The van der Waals surface area contributed by atoms with Crippen LogP contribution in [0.25, 0.3) is 0 Å². The van der Waals surface area contributed by atoms with E-state index in [0.717, 1.165) is 25.4 Å². The standard InChI is InChI=1S/C14H22N2O3/c1-10-13(14(17)18-3)7-12(19-10)9-16-6-4-5-11(16)8-15-2/h7,11,15H,4-6,8-9H2,1-3H3. The lowest BCUT2D eigenvalue weighted by Crippen LogP contribution is -2.36. The molecule has 1 N–H and O–H groups in total. The molecule has 5 heteroatoms. The molecule has 1 fully saturated rings. The van der Waals surface area contributed by atoms with Crippen molar-refractivity contribution >= 4 is 5.97 Å². The Morgan fingerprint density at radius 3 is 3.11 bits per heavy atom. The summed E-state index contributed by atoms with van der Waals surface area (Å²) in [4.78, 5) is 13.9. The predicted molar refractivity (Wildman–Crippen MR) is 72.1 cm³/mol. The minimum Gasteiger partial charge on any atom is -0.465 e. The van der Waals surface area contributed by atoms with Crippen LogP contribution >= 0.6 is 0 Å². The Balaban J connectivity index is 2.05. The molecule has 1 aliphatic rings. The normalized spacial score (nSPS) is 19.8. The monoisotopic (exact) mass is 266 g/mol. The second-order valence-electron chi connectivity index (χ2n) is 5.00. The number of nitrogens with zero attached hydrogens (tertiary/aromatic N) is 1. The van der Waals surface area contributed by atoms with Crippen LogP contribution in [0, 0.1) is 6.92 Å². The number of likely N-dealkylation sites (N-methyl/N-ethyl adjacent to an activating group) is 1. The summed E-state index contributed by atoms with van der Waals surface area (Å²) in [5.41, 5.74) is 0.530. The fourth-order valence-electron chi connectivity index (χ4n) is 2.70. The summed E-state index contributed by atoms with van der Waals surface area (Å²) in [6.07, 6.45) is 2.43. The Labute approximate surface area is 113 Å². The molecule has 1 aromatic rings. The first-order chi connectivity index (χ1) is 9.15. The van der Waals surface area contributed by atoms with Crippen LogP contribution in [-0.4, -0.2) is 44.2 Å². The molecule has 1 saturated heterocycles. The summed E-state index contributed by atoms with van der Waals surface area (Å²) in [5, 5.41) is 3.22. The van der Waals surface area contributed by atoms with Gasteiger partial charge < -0.3 is 14.5 Å². The lowest BCUT2D eigenvalue weighted by atomic mass is 10.2. The summed E-state index contributed by atoms with van der Waals surface area (Å²) in [6, 6.07) is 2.35. The Kier molecular flexibility index (Phi) is 4.61. The zero-order chi connectivity index (χ0) is 13.8. The molecule has 0 radical (unpaired) electrons. The number of rotatable bonds is 5. The van der Waals surface area contributed by atoms with E-state index in [0.29, 0.717) is 17.4 Å². The number of nitrogens with one attached hydrogen (secondary N) is 1. The number of aryl methyl sites for hydroxylation is 1. The van der Waals surface area contributed by atoms with Crippen molar-refractivity contribution in [3.05, 3.63) is 23.2 Å². The van der Waals surface area contributed by atoms with Gasteiger partial charge in [0.1, 0.15) is 17.1 Å². The van der Waals surface area contributed by atoms with Gasteiger partial charge in [0.25, 0.3) is 0 Å². The second-order valence-corrected chi connectivity index (χ2v) is 5.00. The van der Waals surface area contributed by atoms with Crippen molar-refractivity contribution in [3.63, 3.8) is 0 Å². The van der Waals surface area contributed by atoms with E-state index in [9.17, 15) is 4.79 Å². The highest BCUT2D eigenvalue weighted by Crippen LogP contribution is 2.22. The second kappa shape index (κ2) is 6.21. The van der Waals surface area contributed by atoms with Crippen molar-refractivity contribution < 1.29 is 13.9 Å². The third-order valence-corrected chi connectivity index (χ3v) is 3.67.